The van der Waals surface area contributed by atoms with E-state index in [9.17, 15) is 5.11 Å². The Balaban J connectivity index is 1.85. The molecule has 2 rings (SSSR count). The van der Waals surface area contributed by atoms with Crippen LogP contribution in [0.2, 0.25) is 0 Å². The van der Waals surface area contributed by atoms with Gasteiger partial charge in [0.15, 0.2) is 0 Å². The molecule has 1 unspecified atom stereocenters. The van der Waals surface area contributed by atoms with E-state index in [4.69, 9.17) is 0 Å². The van der Waals surface area contributed by atoms with Crippen molar-refractivity contribution >= 4 is 27.3 Å². The fourth-order valence-corrected chi connectivity index (χ4v) is 3.07. The van der Waals surface area contributed by atoms with Gasteiger partial charge in [-0.25, -0.2) is 0 Å². The van der Waals surface area contributed by atoms with Gasteiger partial charge in [0.05, 0.1) is 0 Å². The van der Waals surface area contributed by atoms with E-state index < -0.39 is 0 Å². The molecule has 1 aromatic heterocycles. The first-order valence-corrected chi connectivity index (χ1v) is 6.91. The van der Waals surface area contributed by atoms with E-state index in [1.165, 1.54) is 4.88 Å². The number of aliphatic hydroxyl groups excluding tert-OH is 1. The average Bonchev–Trinajstić information content (AvgIpc) is 2.90. The first-order chi connectivity index (χ1) is 7.15. The second-order valence-corrected chi connectivity index (χ2v) is 6.29. The van der Waals surface area contributed by atoms with Crippen LogP contribution >= 0.6 is 27.3 Å². The number of thiophene rings is 1. The summed E-state index contributed by atoms with van der Waals surface area (Å²) in [5.74, 6) is 0. The normalized spacial score (nSPS) is 20.2. The quantitative estimate of drug-likeness (QED) is 0.874. The molecule has 1 aliphatic carbocycles. The van der Waals surface area contributed by atoms with Gasteiger partial charge in [-0.15, -0.1) is 11.3 Å². The van der Waals surface area contributed by atoms with Crippen LogP contribution in [-0.2, 0) is 0 Å². The van der Waals surface area contributed by atoms with Crippen LogP contribution in [0.3, 0.4) is 0 Å². The van der Waals surface area contributed by atoms with E-state index in [-0.39, 0.29) is 5.41 Å². The monoisotopic (exact) mass is 289 g/mol. The summed E-state index contributed by atoms with van der Waals surface area (Å²) in [6, 6.07) is 2.53. The SMILES string of the molecule is CC(NCC1(CO)CC1)c1cc(Br)cs1. The predicted molar refractivity (Wildman–Crippen MR) is 67.2 cm³/mol. The molecule has 0 saturated heterocycles. The lowest BCUT2D eigenvalue weighted by Crippen LogP contribution is -2.28. The Labute approximate surface area is 103 Å². The highest BCUT2D eigenvalue weighted by Crippen LogP contribution is 2.44. The first-order valence-electron chi connectivity index (χ1n) is 5.23. The van der Waals surface area contributed by atoms with Gasteiger partial charge in [0, 0.05) is 39.3 Å². The fraction of sp³-hybridized carbons (Fsp3) is 0.636. The summed E-state index contributed by atoms with van der Waals surface area (Å²) < 4.78 is 1.15. The Morgan fingerprint density at radius 2 is 2.40 bits per heavy atom. The molecule has 1 aromatic rings. The molecule has 0 bridgehead atoms. The van der Waals surface area contributed by atoms with Crippen LogP contribution in [-0.4, -0.2) is 18.3 Å². The zero-order chi connectivity index (χ0) is 10.9. The summed E-state index contributed by atoms with van der Waals surface area (Å²) in [4.78, 5) is 1.34. The van der Waals surface area contributed by atoms with Crippen molar-refractivity contribution in [3.8, 4) is 0 Å². The molecule has 0 amide bonds. The van der Waals surface area contributed by atoms with Crippen LogP contribution in [0, 0.1) is 5.41 Å². The highest BCUT2D eigenvalue weighted by molar-refractivity contribution is 9.10. The molecule has 4 heteroatoms. The lowest BCUT2D eigenvalue weighted by Gasteiger charge is -2.17. The molecule has 0 spiro atoms. The largest absolute Gasteiger partial charge is 0.396 e. The van der Waals surface area contributed by atoms with Crippen LogP contribution < -0.4 is 5.32 Å². The molecule has 2 N–H and O–H groups in total. The van der Waals surface area contributed by atoms with Crippen molar-refractivity contribution in [3.63, 3.8) is 0 Å². The molecular formula is C11H16BrNOS. The zero-order valence-electron chi connectivity index (χ0n) is 8.79. The van der Waals surface area contributed by atoms with Crippen molar-refractivity contribution in [2.24, 2.45) is 5.41 Å². The molecule has 1 saturated carbocycles. The molecule has 15 heavy (non-hydrogen) atoms. The van der Waals surface area contributed by atoms with Crippen molar-refractivity contribution in [1.29, 1.82) is 0 Å². The summed E-state index contributed by atoms with van der Waals surface area (Å²) in [6.45, 7) is 3.42. The highest BCUT2D eigenvalue weighted by atomic mass is 79.9. The average molecular weight is 290 g/mol. The molecule has 1 heterocycles. The van der Waals surface area contributed by atoms with Gasteiger partial charge in [-0.05, 0) is 41.8 Å². The summed E-state index contributed by atoms with van der Waals surface area (Å²) in [7, 11) is 0. The Morgan fingerprint density at radius 3 is 2.87 bits per heavy atom. The number of rotatable bonds is 5. The molecular weight excluding hydrogens is 274 g/mol. The van der Waals surface area contributed by atoms with Gasteiger partial charge in [0.25, 0.3) is 0 Å². The van der Waals surface area contributed by atoms with Gasteiger partial charge in [-0.2, -0.15) is 0 Å². The Kier molecular flexibility index (Phi) is 3.50. The number of nitrogens with one attached hydrogen (secondary N) is 1. The maximum absolute atomic E-state index is 9.20. The van der Waals surface area contributed by atoms with Gasteiger partial charge in [0.1, 0.15) is 0 Å². The minimum Gasteiger partial charge on any atom is -0.396 e. The Morgan fingerprint density at radius 1 is 1.67 bits per heavy atom. The number of hydrogen-bond donors (Lipinski definition) is 2. The van der Waals surface area contributed by atoms with Crippen LogP contribution in [0.25, 0.3) is 0 Å². The lowest BCUT2D eigenvalue weighted by atomic mass is 10.1. The van der Waals surface area contributed by atoms with Crippen molar-refractivity contribution < 1.29 is 5.11 Å². The van der Waals surface area contributed by atoms with Crippen LogP contribution in [0.4, 0.5) is 0 Å². The standard InChI is InChI=1S/C11H16BrNOS/c1-8(10-4-9(12)5-15-10)13-6-11(7-14)2-3-11/h4-5,8,13-14H,2-3,6-7H2,1H3. The molecule has 84 valence electrons. The van der Waals surface area contributed by atoms with Gasteiger partial charge in [-0.1, -0.05) is 0 Å². The first kappa shape index (κ1) is 11.6. The number of halogens is 1. The van der Waals surface area contributed by atoms with E-state index in [1.807, 2.05) is 0 Å². The minimum absolute atomic E-state index is 0.197. The van der Waals surface area contributed by atoms with Crippen molar-refractivity contribution in [1.82, 2.24) is 5.32 Å². The molecule has 0 radical (unpaired) electrons. The minimum atomic E-state index is 0.197. The molecule has 0 aromatic carbocycles. The third-order valence-corrected chi connectivity index (χ3v) is 4.97. The highest BCUT2D eigenvalue weighted by Gasteiger charge is 2.41. The third-order valence-electron chi connectivity index (χ3n) is 3.09. The van der Waals surface area contributed by atoms with Gasteiger partial charge >= 0.3 is 0 Å². The Bertz CT molecular complexity index is 335. The van der Waals surface area contributed by atoms with E-state index in [0.29, 0.717) is 12.6 Å². The Hall–Kier alpha value is 0.1000. The zero-order valence-corrected chi connectivity index (χ0v) is 11.2. The smallest absolute Gasteiger partial charge is 0.0499 e. The molecule has 0 aliphatic heterocycles. The fourth-order valence-electron chi connectivity index (χ4n) is 1.59. The van der Waals surface area contributed by atoms with Gasteiger partial charge < -0.3 is 10.4 Å². The van der Waals surface area contributed by atoms with E-state index in [0.717, 1.165) is 23.9 Å². The lowest BCUT2D eigenvalue weighted by molar-refractivity contribution is 0.205. The number of hydrogen-bond acceptors (Lipinski definition) is 3. The van der Waals surface area contributed by atoms with E-state index in [2.05, 4.69) is 39.6 Å². The second-order valence-electron chi connectivity index (χ2n) is 4.43. The molecule has 2 nitrogen and oxygen atoms in total. The summed E-state index contributed by atoms with van der Waals surface area (Å²) >= 11 is 5.22. The predicted octanol–water partition coefficient (Wildman–Crippen LogP) is 2.93. The third kappa shape index (κ3) is 2.81. The maximum Gasteiger partial charge on any atom is 0.0499 e. The second kappa shape index (κ2) is 4.53. The molecule has 1 atom stereocenters. The van der Waals surface area contributed by atoms with E-state index in [1.54, 1.807) is 11.3 Å². The summed E-state index contributed by atoms with van der Waals surface area (Å²) in [6.07, 6.45) is 2.33. The topological polar surface area (TPSA) is 32.3 Å². The molecule has 1 fully saturated rings. The molecule has 1 aliphatic rings. The van der Waals surface area contributed by atoms with Crippen LogP contribution in [0.1, 0.15) is 30.7 Å². The van der Waals surface area contributed by atoms with Crippen molar-refractivity contribution in [3.05, 3.63) is 20.8 Å². The summed E-state index contributed by atoms with van der Waals surface area (Å²) in [5, 5.41) is 14.8. The van der Waals surface area contributed by atoms with Gasteiger partial charge in [0.2, 0.25) is 0 Å². The summed E-state index contributed by atoms with van der Waals surface area (Å²) in [5.41, 5.74) is 0.197. The number of aliphatic hydroxyl groups is 1. The van der Waals surface area contributed by atoms with Gasteiger partial charge in [-0.3, -0.25) is 0 Å². The maximum atomic E-state index is 9.20. The van der Waals surface area contributed by atoms with Crippen molar-refractivity contribution in [2.75, 3.05) is 13.2 Å². The van der Waals surface area contributed by atoms with E-state index >= 15 is 0 Å². The van der Waals surface area contributed by atoms with Crippen LogP contribution in [0.5, 0.6) is 0 Å². The van der Waals surface area contributed by atoms with Crippen LogP contribution in [0.15, 0.2) is 15.9 Å². The van der Waals surface area contributed by atoms with Crippen molar-refractivity contribution in [2.45, 2.75) is 25.8 Å².